The fraction of sp³-hybridized carbons (Fsp3) is 0.500. The zero-order valence-electron chi connectivity index (χ0n) is 3.12. The second-order valence-corrected chi connectivity index (χ2v) is 0.780. The third-order valence-corrected chi connectivity index (χ3v) is 0.302. The van der Waals surface area contributed by atoms with Crippen molar-refractivity contribution in [1.29, 1.82) is 5.41 Å². The van der Waals surface area contributed by atoms with Gasteiger partial charge in [0.15, 0.2) is 0 Å². The van der Waals surface area contributed by atoms with Gasteiger partial charge in [-0.15, -0.1) is 0 Å². The molecule has 0 fully saturated rings. The Kier molecular flexibility index (Phi) is 3.43. The summed E-state index contributed by atoms with van der Waals surface area (Å²) in [7, 11) is 0. The Labute approximate surface area is 32.5 Å². The first-order chi connectivity index (χ1) is 2.41. The smallest absolute Gasteiger partial charge is 0.0521 e. The molecule has 0 rings (SSSR count). The Hall–Kier alpha value is -0.330. The average molecular weight is 69.1 g/mol. The van der Waals surface area contributed by atoms with Crippen LogP contribution in [0.5, 0.6) is 0 Å². The average Bonchev–Trinajstić information content (AvgIpc) is 1.41. The number of hydrogen-bond acceptors (Lipinski definition) is 1. The number of nitrogens with one attached hydrogen (secondary N) is 1. The highest BCUT2D eigenvalue weighted by molar-refractivity contribution is 5.52. The van der Waals surface area contributed by atoms with Gasteiger partial charge in [-0.3, -0.25) is 0 Å². The molecule has 0 aromatic heterocycles. The first kappa shape index (κ1) is 4.67. The molecular weight excluding hydrogens is 62.1 g/mol. The van der Waals surface area contributed by atoms with Crippen LogP contribution in [0.4, 0.5) is 0 Å². The van der Waals surface area contributed by atoms with Gasteiger partial charge in [0.25, 0.3) is 0 Å². The minimum Gasteiger partial charge on any atom is -0.303 e. The van der Waals surface area contributed by atoms with Crippen molar-refractivity contribution >= 4 is 6.21 Å². The van der Waals surface area contributed by atoms with Gasteiger partial charge in [0.2, 0.25) is 0 Å². The van der Waals surface area contributed by atoms with Crippen molar-refractivity contribution in [3.8, 4) is 0 Å². The largest absolute Gasteiger partial charge is 0.303 e. The maximum Gasteiger partial charge on any atom is 0.0521 e. The molecule has 1 heteroatoms. The molecule has 1 nitrogen and oxygen atoms in total. The highest BCUT2D eigenvalue weighted by Crippen LogP contribution is 1.74. The quantitative estimate of drug-likeness (QED) is 0.470. The molecule has 0 aromatic carbocycles. The lowest BCUT2D eigenvalue weighted by Crippen LogP contribution is -1.63. The van der Waals surface area contributed by atoms with Crippen LogP contribution in [-0.2, 0) is 0 Å². The van der Waals surface area contributed by atoms with Crippen molar-refractivity contribution in [3.63, 3.8) is 0 Å². The van der Waals surface area contributed by atoms with Gasteiger partial charge in [-0.1, -0.05) is 6.92 Å². The molecule has 0 bridgehead atoms. The SMILES string of the molecule is [CH2]CC[C]=N. The van der Waals surface area contributed by atoms with Crippen molar-refractivity contribution in [2.24, 2.45) is 0 Å². The topological polar surface area (TPSA) is 23.9 Å². The molecule has 0 atom stereocenters. The van der Waals surface area contributed by atoms with Crippen molar-refractivity contribution in [3.05, 3.63) is 6.92 Å². The molecule has 0 aliphatic rings. The molecule has 0 aliphatic heterocycles. The molecule has 0 saturated heterocycles. The van der Waals surface area contributed by atoms with E-state index in [2.05, 4.69) is 13.1 Å². The third-order valence-electron chi connectivity index (χ3n) is 0.302. The van der Waals surface area contributed by atoms with Crippen molar-refractivity contribution in [2.75, 3.05) is 0 Å². The van der Waals surface area contributed by atoms with Crippen LogP contribution in [0, 0.1) is 12.3 Å². The fourth-order valence-electron chi connectivity index (χ4n) is 0.0884. The summed E-state index contributed by atoms with van der Waals surface area (Å²) in [5.41, 5.74) is 0. The number of rotatable bonds is 2. The summed E-state index contributed by atoms with van der Waals surface area (Å²) < 4.78 is 0. The highest BCUT2D eigenvalue weighted by atomic mass is 14.3. The van der Waals surface area contributed by atoms with E-state index in [-0.39, 0.29) is 0 Å². The maximum absolute atomic E-state index is 6.31. The minimum absolute atomic E-state index is 0.694. The van der Waals surface area contributed by atoms with Gasteiger partial charge in [0.1, 0.15) is 0 Å². The van der Waals surface area contributed by atoms with Gasteiger partial charge in [-0.05, 0) is 12.8 Å². The summed E-state index contributed by atoms with van der Waals surface area (Å²) in [4.78, 5) is 0. The fourth-order valence-corrected chi connectivity index (χ4v) is 0.0884. The molecule has 1 N–H and O–H groups in total. The van der Waals surface area contributed by atoms with E-state index in [9.17, 15) is 0 Å². The molecule has 0 aliphatic carbocycles. The van der Waals surface area contributed by atoms with E-state index < -0.39 is 0 Å². The van der Waals surface area contributed by atoms with E-state index >= 15 is 0 Å². The molecule has 0 saturated carbocycles. The van der Waals surface area contributed by atoms with E-state index in [4.69, 9.17) is 5.41 Å². The molecular formula is C4H7N. The highest BCUT2D eigenvalue weighted by Gasteiger charge is 1.65. The van der Waals surface area contributed by atoms with Crippen molar-refractivity contribution < 1.29 is 0 Å². The molecule has 0 aromatic rings. The summed E-state index contributed by atoms with van der Waals surface area (Å²) in [6.07, 6.45) is 3.69. The van der Waals surface area contributed by atoms with Crippen LogP contribution >= 0.6 is 0 Å². The van der Waals surface area contributed by atoms with Crippen LogP contribution in [0.25, 0.3) is 0 Å². The first-order valence-electron chi connectivity index (χ1n) is 1.60. The summed E-state index contributed by atoms with van der Waals surface area (Å²) in [6.45, 7) is 3.49. The lowest BCUT2D eigenvalue weighted by molar-refractivity contribution is 1.11. The zero-order valence-corrected chi connectivity index (χ0v) is 3.12. The van der Waals surface area contributed by atoms with E-state index in [0.717, 1.165) is 6.42 Å². The number of unbranched alkanes of at least 4 members (excludes halogenated alkanes) is 1. The third kappa shape index (κ3) is 3.67. The van der Waals surface area contributed by atoms with Crippen molar-refractivity contribution in [2.45, 2.75) is 12.8 Å². The first-order valence-corrected chi connectivity index (χ1v) is 1.60. The van der Waals surface area contributed by atoms with Gasteiger partial charge in [0, 0.05) is 0 Å². The predicted octanol–water partition coefficient (Wildman–Crippen LogP) is 1.13. The molecule has 0 amide bonds. The summed E-state index contributed by atoms with van der Waals surface area (Å²) in [5.74, 6) is 0. The summed E-state index contributed by atoms with van der Waals surface area (Å²) in [6, 6.07) is 0. The minimum atomic E-state index is 0.694. The van der Waals surface area contributed by atoms with Crippen molar-refractivity contribution in [1.82, 2.24) is 0 Å². The Balaban J connectivity index is 2.40. The monoisotopic (exact) mass is 69.1 g/mol. The van der Waals surface area contributed by atoms with E-state index in [1.807, 2.05) is 0 Å². The maximum atomic E-state index is 6.31. The van der Waals surface area contributed by atoms with Crippen LogP contribution in [0.15, 0.2) is 0 Å². The Morgan fingerprint density at radius 1 is 1.80 bits per heavy atom. The van der Waals surface area contributed by atoms with Crippen LogP contribution in [0.3, 0.4) is 0 Å². The standard InChI is InChI=1S/C4H7N/c1-2-3-4-5/h5H,1-3H2. The lowest BCUT2D eigenvalue weighted by atomic mass is 10.4. The molecule has 5 heavy (non-hydrogen) atoms. The zero-order chi connectivity index (χ0) is 4.12. The molecule has 28 valence electrons. The van der Waals surface area contributed by atoms with Crippen LogP contribution < -0.4 is 0 Å². The van der Waals surface area contributed by atoms with E-state index in [0.29, 0.717) is 6.42 Å². The molecule has 0 unspecified atom stereocenters. The van der Waals surface area contributed by atoms with Gasteiger partial charge in [-0.2, -0.15) is 0 Å². The predicted molar refractivity (Wildman–Crippen MR) is 22.3 cm³/mol. The molecule has 0 heterocycles. The second-order valence-electron chi connectivity index (χ2n) is 0.780. The lowest BCUT2D eigenvalue weighted by Gasteiger charge is -1.69. The molecule has 2 radical (unpaired) electrons. The Morgan fingerprint density at radius 3 is 2.40 bits per heavy atom. The Bertz CT molecular complexity index is 24.8. The van der Waals surface area contributed by atoms with Gasteiger partial charge >= 0.3 is 0 Å². The second kappa shape index (κ2) is 3.67. The van der Waals surface area contributed by atoms with Crippen LogP contribution in [0.2, 0.25) is 0 Å². The van der Waals surface area contributed by atoms with Crippen LogP contribution in [-0.4, -0.2) is 6.21 Å². The summed E-state index contributed by atoms with van der Waals surface area (Å²) in [5, 5.41) is 6.31. The van der Waals surface area contributed by atoms with E-state index in [1.165, 1.54) is 0 Å². The van der Waals surface area contributed by atoms with Gasteiger partial charge in [-0.25, -0.2) is 0 Å². The van der Waals surface area contributed by atoms with Crippen LogP contribution in [0.1, 0.15) is 12.8 Å². The van der Waals surface area contributed by atoms with E-state index in [1.54, 1.807) is 0 Å². The molecule has 0 spiro atoms. The Morgan fingerprint density at radius 2 is 2.40 bits per heavy atom. The summed E-state index contributed by atoms with van der Waals surface area (Å²) >= 11 is 0. The number of hydrogen-bond donors (Lipinski definition) is 1. The van der Waals surface area contributed by atoms with Gasteiger partial charge < -0.3 is 5.41 Å². The normalized spacial score (nSPS) is 7.40. The van der Waals surface area contributed by atoms with Gasteiger partial charge in [0.05, 0.1) is 6.21 Å².